The number of rotatable bonds is 11. The Balaban J connectivity index is 2.52. The Morgan fingerprint density at radius 3 is 2.14 bits per heavy atom. The molecule has 8 N–H and O–H groups in total. The third kappa shape index (κ3) is 8.01. The Hall–Kier alpha value is -2.77. The number of carboxylic acids is 1. The van der Waals surface area contributed by atoms with Gasteiger partial charge in [0.05, 0.1) is 25.8 Å². The molecular formula is C16H27N5O8. The summed E-state index contributed by atoms with van der Waals surface area (Å²) in [6.07, 6.45) is 1.40. The van der Waals surface area contributed by atoms with Crippen molar-refractivity contribution in [2.45, 2.75) is 43.9 Å². The number of carboxylic acid groups (broad SMARTS) is 1. The van der Waals surface area contributed by atoms with Gasteiger partial charge in [0, 0.05) is 0 Å². The van der Waals surface area contributed by atoms with Crippen molar-refractivity contribution in [3.63, 3.8) is 0 Å². The monoisotopic (exact) mass is 417 g/mol. The van der Waals surface area contributed by atoms with Crippen LogP contribution in [-0.4, -0.2) is 95.4 Å². The zero-order valence-corrected chi connectivity index (χ0v) is 15.9. The van der Waals surface area contributed by atoms with E-state index in [1.807, 2.05) is 0 Å². The number of carbonyl (C=O) groups excluding carboxylic acids is 4. The summed E-state index contributed by atoms with van der Waals surface area (Å²) in [5, 5.41) is 39.1. The fourth-order valence-corrected chi connectivity index (χ4v) is 2.49. The molecule has 29 heavy (non-hydrogen) atoms. The van der Waals surface area contributed by atoms with Crippen LogP contribution in [0.25, 0.3) is 0 Å². The van der Waals surface area contributed by atoms with Crippen LogP contribution in [0.2, 0.25) is 0 Å². The van der Waals surface area contributed by atoms with E-state index in [0.29, 0.717) is 13.0 Å². The Morgan fingerprint density at radius 2 is 1.62 bits per heavy atom. The largest absolute Gasteiger partial charge is 0.480 e. The summed E-state index contributed by atoms with van der Waals surface area (Å²) in [5.41, 5.74) is 0. The molecule has 0 radical (unpaired) electrons. The van der Waals surface area contributed by atoms with Crippen molar-refractivity contribution in [3.05, 3.63) is 0 Å². The Kier molecular flexibility index (Phi) is 9.99. The van der Waals surface area contributed by atoms with Gasteiger partial charge in [-0.25, -0.2) is 0 Å². The molecule has 0 aromatic heterocycles. The van der Waals surface area contributed by atoms with E-state index in [4.69, 9.17) is 5.11 Å². The Bertz CT molecular complexity index is 622. The molecule has 1 fully saturated rings. The molecule has 0 aliphatic carbocycles. The van der Waals surface area contributed by atoms with Gasteiger partial charge in [0.15, 0.2) is 0 Å². The summed E-state index contributed by atoms with van der Waals surface area (Å²) in [6.45, 7) is -0.195. The average Bonchev–Trinajstić information content (AvgIpc) is 3.22. The molecule has 13 heteroatoms. The molecule has 4 amide bonds. The van der Waals surface area contributed by atoms with E-state index < -0.39 is 73.5 Å². The van der Waals surface area contributed by atoms with Gasteiger partial charge in [0.25, 0.3) is 0 Å². The van der Waals surface area contributed by atoms with E-state index >= 15 is 0 Å². The molecule has 1 heterocycles. The summed E-state index contributed by atoms with van der Waals surface area (Å²) in [6, 6.07) is -4.40. The number of nitrogens with one attached hydrogen (secondary N) is 5. The Morgan fingerprint density at radius 1 is 1.00 bits per heavy atom. The average molecular weight is 417 g/mol. The quantitative estimate of drug-likeness (QED) is 0.162. The van der Waals surface area contributed by atoms with Gasteiger partial charge in [-0.1, -0.05) is 0 Å². The van der Waals surface area contributed by atoms with E-state index in [-0.39, 0.29) is 0 Å². The first-order valence-electron chi connectivity index (χ1n) is 9.05. The summed E-state index contributed by atoms with van der Waals surface area (Å²) in [4.78, 5) is 58.5. The highest BCUT2D eigenvalue weighted by atomic mass is 16.4. The lowest BCUT2D eigenvalue weighted by Crippen LogP contribution is -2.58. The number of hydrogen-bond donors (Lipinski definition) is 8. The highest BCUT2D eigenvalue weighted by Crippen LogP contribution is 2.05. The zero-order chi connectivity index (χ0) is 22.0. The van der Waals surface area contributed by atoms with Gasteiger partial charge in [-0.05, 0) is 26.3 Å². The van der Waals surface area contributed by atoms with E-state index in [1.165, 1.54) is 6.92 Å². The molecule has 1 rings (SSSR count). The SMILES string of the molecule is C[C@H](NC(=O)CNC(=O)[C@H](CO)NC(=O)[C@H](CO)NC(=O)[C@@H]1CCCN1)C(=O)O. The molecule has 0 aromatic carbocycles. The Labute approximate surface area is 166 Å². The van der Waals surface area contributed by atoms with Crippen molar-refractivity contribution < 1.29 is 39.3 Å². The molecule has 4 atom stereocenters. The minimum Gasteiger partial charge on any atom is -0.480 e. The summed E-state index contributed by atoms with van der Waals surface area (Å²) >= 11 is 0. The van der Waals surface area contributed by atoms with Crippen molar-refractivity contribution in [3.8, 4) is 0 Å². The maximum atomic E-state index is 12.2. The smallest absolute Gasteiger partial charge is 0.325 e. The molecule has 0 saturated carbocycles. The molecular weight excluding hydrogens is 390 g/mol. The maximum absolute atomic E-state index is 12.2. The van der Waals surface area contributed by atoms with Crippen LogP contribution in [0.1, 0.15) is 19.8 Å². The molecule has 0 unspecified atom stereocenters. The van der Waals surface area contributed by atoms with Crippen molar-refractivity contribution in [2.75, 3.05) is 26.3 Å². The van der Waals surface area contributed by atoms with Crippen molar-refractivity contribution in [1.29, 1.82) is 0 Å². The second-order valence-corrected chi connectivity index (χ2v) is 6.48. The standard InChI is InChI=1S/C16H27N5O8/c1-8(16(28)29)19-12(24)5-18-13(25)10(6-22)20-15(27)11(7-23)21-14(26)9-3-2-4-17-9/h8-11,17,22-23H,2-7H2,1H3,(H,18,25)(H,19,24)(H,20,27)(H,21,26)(H,28,29)/t8-,9-,10-,11-/m0/s1. The fourth-order valence-electron chi connectivity index (χ4n) is 2.49. The van der Waals surface area contributed by atoms with Crippen molar-refractivity contribution in [2.24, 2.45) is 0 Å². The number of amides is 4. The summed E-state index contributed by atoms with van der Waals surface area (Å²) in [5.74, 6) is -4.29. The molecule has 0 bridgehead atoms. The first-order valence-corrected chi connectivity index (χ1v) is 9.05. The van der Waals surface area contributed by atoms with Crippen LogP contribution in [0.15, 0.2) is 0 Å². The van der Waals surface area contributed by atoms with E-state index in [2.05, 4.69) is 26.6 Å². The topological polar surface area (TPSA) is 206 Å². The summed E-state index contributed by atoms with van der Waals surface area (Å²) < 4.78 is 0. The molecule has 0 aromatic rings. The first kappa shape index (κ1) is 24.3. The second kappa shape index (κ2) is 11.9. The molecule has 1 aliphatic heterocycles. The normalized spacial score (nSPS) is 18.8. The van der Waals surface area contributed by atoms with Crippen molar-refractivity contribution in [1.82, 2.24) is 26.6 Å². The van der Waals surface area contributed by atoms with Crippen LogP contribution < -0.4 is 26.6 Å². The fraction of sp³-hybridized carbons (Fsp3) is 0.688. The number of aliphatic hydroxyl groups excluding tert-OH is 2. The molecule has 13 nitrogen and oxygen atoms in total. The highest BCUT2D eigenvalue weighted by Gasteiger charge is 2.29. The first-order chi connectivity index (χ1) is 13.7. The van der Waals surface area contributed by atoms with Gasteiger partial charge in [-0.15, -0.1) is 0 Å². The number of aliphatic hydroxyl groups is 2. The number of carbonyl (C=O) groups is 5. The van der Waals surface area contributed by atoms with Gasteiger partial charge in [-0.2, -0.15) is 0 Å². The lowest BCUT2D eigenvalue weighted by atomic mass is 10.2. The minimum absolute atomic E-state index is 0.467. The predicted molar refractivity (Wildman–Crippen MR) is 97.3 cm³/mol. The number of aliphatic carboxylic acids is 1. The van der Waals surface area contributed by atoms with Gasteiger partial charge in [0.1, 0.15) is 18.1 Å². The lowest BCUT2D eigenvalue weighted by Gasteiger charge is -2.22. The maximum Gasteiger partial charge on any atom is 0.325 e. The molecule has 1 saturated heterocycles. The molecule has 164 valence electrons. The molecule has 0 spiro atoms. The van der Waals surface area contributed by atoms with Crippen LogP contribution in [0.5, 0.6) is 0 Å². The van der Waals surface area contributed by atoms with Gasteiger partial charge in [0.2, 0.25) is 23.6 Å². The highest BCUT2D eigenvalue weighted by molar-refractivity contribution is 5.94. The third-order valence-electron chi connectivity index (χ3n) is 4.18. The van der Waals surface area contributed by atoms with Crippen LogP contribution in [0, 0.1) is 0 Å². The van der Waals surface area contributed by atoms with E-state index in [1.54, 1.807) is 0 Å². The van der Waals surface area contributed by atoms with E-state index in [9.17, 15) is 34.2 Å². The van der Waals surface area contributed by atoms with Crippen LogP contribution >= 0.6 is 0 Å². The van der Waals surface area contributed by atoms with Gasteiger partial charge < -0.3 is 41.9 Å². The summed E-state index contributed by atoms with van der Waals surface area (Å²) in [7, 11) is 0. The van der Waals surface area contributed by atoms with Crippen LogP contribution in [-0.2, 0) is 24.0 Å². The zero-order valence-electron chi connectivity index (χ0n) is 15.9. The van der Waals surface area contributed by atoms with Crippen molar-refractivity contribution >= 4 is 29.6 Å². The van der Waals surface area contributed by atoms with Gasteiger partial charge in [-0.3, -0.25) is 24.0 Å². The number of hydrogen-bond acceptors (Lipinski definition) is 8. The lowest BCUT2D eigenvalue weighted by molar-refractivity contribution is -0.141. The molecule has 1 aliphatic rings. The third-order valence-corrected chi connectivity index (χ3v) is 4.18. The predicted octanol–water partition coefficient (Wildman–Crippen LogP) is -4.60. The van der Waals surface area contributed by atoms with Gasteiger partial charge >= 0.3 is 5.97 Å². The van der Waals surface area contributed by atoms with E-state index in [0.717, 1.165) is 6.42 Å². The minimum atomic E-state index is -1.44. The van der Waals surface area contributed by atoms with Crippen LogP contribution in [0.3, 0.4) is 0 Å². The van der Waals surface area contributed by atoms with Crippen LogP contribution in [0.4, 0.5) is 0 Å². The second-order valence-electron chi connectivity index (χ2n) is 6.48.